The molecule has 3 heteroatoms. The molecule has 1 N–H and O–H groups in total. The molecule has 0 aliphatic rings. The van der Waals surface area contributed by atoms with Crippen molar-refractivity contribution in [1.29, 1.82) is 0 Å². The first-order valence-corrected chi connectivity index (χ1v) is 5.87. The number of rotatable bonds is 5. The summed E-state index contributed by atoms with van der Waals surface area (Å²) < 4.78 is 0. The van der Waals surface area contributed by atoms with Gasteiger partial charge < -0.3 is 5.32 Å². The zero-order valence-corrected chi connectivity index (χ0v) is 10.4. The molecule has 1 rings (SSSR count). The molecule has 84 valence electrons. The fraction of sp³-hybridized carbons (Fsp3) is 0.583. The van der Waals surface area contributed by atoms with E-state index in [0.717, 1.165) is 18.7 Å². The van der Waals surface area contributed by atoms with Crippen LogP contribution in [0.15, 0.2) is 18.3 Å². The molecule has 2 unspecified atom stereocenters. The lowest BCUT2D eigenvalue weighted by Gasteiger charge is -2.20. The van der Waals surface area contributed by atoms with Gasteiger partial charge in [-0.25, -0.2) is 0 Å². The van der Waals surface area contributed by atoms with Crippen molar-refractivity contribution >= 4 is 11.6 Å². The molecule has 0 aliphatic heterocycles. The number of nitrogens with zero attached hydrogens (tertiary/aromatic N) is 1. The fourth-order valence-corrected chi connectivity index (χ4v) is 1.57. The van der Waals surface area contributed by atoms with Crippen LogP contribution in [0, 0.1) is 0 Å². The first-order chi connectivity index (χ1) is 7.15. The Hall–Kier alpha value is -0.600. The molecule has 0 fully saturated rings. The van der Waals surface area contributed by atoms with E-state index in [1.165, 1.54) is 0 Å². The van der Waals surface area contributed by atoms with Gasteiger partial charge in [-0.15, -0.1) is 0 Å². The van der Waals surface area contributed by atoms with Crippen molar-refractivity contribution in [3.63, 3.8) is 0 Å². The number of pyridine rings is 1. The highest BCUT2D eigenvalue weighted by molar-refractivity contribution is 6.30. The van der Waals surface area contributed by atoms with Crippen LogP contribution in [0.1, 0.15) is 38.8 Å². The van der Waals surface area contributed by atoms with Gasteiger partial charge in [-0.1, -0.05) is 25.4 Å². The van der Waals surface area contributed by atoms with E-state index in [1.54, 1.807) is 6.20 Å². The standard InChI is InChI=1S/C12H19ClN2/c1-4-7-14-10(3)9(2)12-6-5-11(13)8-15-12/h5-6,8-10,14H,4,7H2,1-3H3. The lowest BCUT2D eigenvalue weighted by Crippen LogP contribution is -2.31. The maximum absolute atomic E-state index is 5.80. The molecule has 0 aliphatic carbocycles. The highest BCUT2D eigenvalue weighted by Gasteiger charge is 2.14. The van der Waals surface area contributed by atoms with E-state index < -0.39 is 0 Å². The number of halogens is 1. The molecule has 1 heterocycles. The number of nitrogens with one attached hydrogen (secondary N) is 1. The van der Waals surface area contributed by atoms with E-state index in [-0.39, 0.29) is 0 Å². The Balaban J connectivity index is 2.59. The van der Waals surface area contributed by atoms with Crippen molar-refractivity contribution in [3.05, 3.63) is 29.0 Å². The third-order valence-corrected chi connectivity index (χ3v) is 2.91. The summed E-state index contributed by atoms with van der Waals surface area (Å²) >= 11 is 5.80. The average molecular weight is 227 g/mol. The lowest BCUT2D eigenvalue weighted by atomic mass is 9.99. The third-order valence-electron chi connectivity index (χ3n) is 2.68. The zero-order chi connectivity index (χ0) is 11.3. The van der Waals surface area contributed by atoms with E-state index in [4.69, 9.17) is 11.6 Å². The minimum atomic E-state index is 0.411. The van der Waals surface area contributed by atoms with Crippen LogP contribution in [0.5, 0.6) is 0 Å². The van der Waals surface area contributed by atoms with Gasteiger partial charge in [0.1, 0.15) is 0 Å². The summed E-state index contributed by atoms with van der Waals surface area (Å²) in [5.74, 6) is 0.411. The third kappa shape index (κ3) is 3.80. The van der Waals surface area contributed by atoms with Gasteiger partial charge in [-0.3, -0.25) is 4.98 Å². The van der Waals surface area contributed by atoms with E-state index in [2.05, 4.69) is 31.1 Å². The van der Waals surface area contributed by atoms with Crippen LogP contribution in [0.3, 0.4) is 0 Å². The number of aromatic nitrogens is 1. The molecular formula is C12H19ClN2. The summed E-state index contributed by atoms with van der Waals surface area (Å²) in [7, 11) is 0. The SMILES string of the molecule is CCCNC(C)C(C)c1ccc(Cl)cn1. The Kier molecular flexibility index (Phi) is 5.06. The van der Waals surface area contributed by atoms with Crippen molar-refractivity contribution in [3.8, 4) is 0 Å². The van der Waals surface area contributed by atoms with Crippen LogP contribution in [-0.4, -0.2) is 17.6 Å². The van der Waals surface area contributed by atoms with Gasteiger partial charge in [-0.2, -0.15) is 0 Å². The molecule has 1 aromatic rings. The molecule has 0 spiro atoms. The molecule has 0 saturated carbocycles. The van der Waals surface area contributed by atoms with Gasteiger partial charge in [0.2, 0.25) is 0 Å². The van der Waals surface area contributed by atoms with Gasteiger partial charge in [0.05, 0.1) is 5.02 Å². The lowest BCUT2D eigenvalue weighted by molar-refractivity contribution is 0.475. The van der Waals surface area contributed by atoms with Crippen LogP contribution in [0.25, 0.3) is 0 Å². The van der Waals surface area contributed by atoms with Crippen LogP contribution >= 0.6 is 11.6 Å². The second-order valence-electron chi connectivity index (χ2n) is 3.93. The van der Waals surface area contributed by atoms with Crippen molar-refractivity contribution in [1.82, 2.24) is 10.3 Å². The van der Waals surface area contributed by atoms with E-state index in [0.29, 0.717) is 17.0 Å². The Morgan fingerprint density at radius 1 is 1.40 bits per heavy atom. The maximum Gasteiger partial charge on any atom is 0.0589 e. The Labute approximate surface area is 97.1 Å². The van der Waals surface area contributed by atoms with Crippen molar-refractivity contribution in [2.45, 2.75) is 39.2 Å². The second-order valence-corrected chi connectivity index (χ2v) is 4.37. The Morgan fingerprint density at radius 2 is 2.13 bits per heavy atom. The molecule has 0 aromatic carbocycles. The predicted octanol–water partition coefficient (Wildman–Crippen LogP) is 3.23. The fourth-order valence-electron chi connectivity index (χ4n) is 1.46. The molecule has 2 atom stereocenters. The van der Waals surface area contributed by atoms with Crippen LogP contribution in [-0.2, 0) is 0 Å². The van der Waals surface area contributed by atoms with E-state index >= 15 is 0 Å². The minimum absolute atomic E-state index is 0.411. The van der Waals surface area contributed by atoms with Crippen LogP contribution in [0.2, 0.25) is 5.02 Å². The topological polar surface area (TPSA) is 24.9 Å². The van der Waals surface area contributed by atoms with Gasteiger partial charge in [0, 0.05) is 23.9 Å². The van der Waals surface area contributed by atoms with E-state index in [1.807, 2.05) is 12.1 Å². The summed E-state index contributed by atoms with van der Waals surface area (Å²) in [6.45, 7) is 7.60. The van der Waals surface area contributed by atoms with Gasteiger partial charge in [-0.05, 0) is 32.0 Å². The number of hydrogen-bond donors (Lipinski definition) is 1. The Morgan fingerprint density at radius 3 is 2.67 bits per heavy atom. The molecule has 2 nitrogen and oxygen atoms in total. The highest BCUT2D eigenvalue weighted by Crippen LogP contribution is 2.18. The molecule has 0 amide bonds. The quantitative estimate of drug-likeness (QED) is 0.834. The zero-order valence-electron chi connectivity index (χ0n) is 9.63. The summed E-state index contributed by atoms with van der Waals surface area (Å²) in [6.07, 6.45) is 2.87. The molecule has 0 bridgehead atoms. The van der Waals surface area contributed by atoms with Gasteiger partial charge in [0.25, 0.3) is 0 Å². The largest absolute Gasteiger partial charge is 0.314 e. The molecule has 1 aromatic heterocycles. The summed E-state index contributed by atoms with van der Waals surface area (Å²) in [5.41, 5.74) is 1.09. The average Bonchev–Trinajstić information content (AvgIpc) is 2.26. The maximum atomic E-state index is 5.80. The predicted molar refractivity (Wildman–Crippen MR) is 65.4 cm³/mol. The molecular weight excluding hydrogens is 208 g/mol. The van der Waals surface area contributed by atoms with Gasteiger partial charge >= 0.3 is 0 Å². The van der Waals surface area contributed by atoms with Crippen molar-refractivity contribution < 1.29 is 0 Å². The highest BCUT2D eigenvalue weighted by atomic mass is 35.5. The smallest absolute Gasteiger partial charge is 0.0589 e. The number of hydrogen-bond acceptors (Lipinski definition) is 2. The summed E-state index contributed by atoms with van der Waals surface area (Å²) in [5, 5.41) is 4.17. The Bertz CT molecular complexity index is 284. The second kappa shape index (κ2) is 6.09. The van der Waals surface area contributed by atoms with Crippen molar-refractivity contribution in [2.75, 3.05) is 6.54 Å². The van der Waals surface area contributed by atoms with Crippen LogP contribution < -0.4 is 5.32 Å². The molecule has 0 saturated heterocycles. The van der Waals surface area contributed by atoms with Crippen molar-refractivity contribution in [2.24, 2.45) is 0 Å². The van der Waals surface area contributed by atoms with Gasteiger partial charge in [0.15, 0.2) is 0 Å². The minimum Gasteiger partial charge on any atom is -0.314 e. The normalized spacial score (nSPS) is 14.9. The first kappa shape index (κ1) is 12.5. The molecule has 0 radical (unpaired) electrons. The monoisotopic (exact) mass is 226 g/mol. The summed E-state index contributed by atoms with van der Waals surface area (Å²) in [4.78, 5) is 4.34. The van der Waals surface area contributed by atoms with Crippen LogP contribution in [0.4, 0.5) is 0 Å². The van der Waals surface area contributed by atoms with E-state index in [9.17, 15) is 0 Å². The summed E-state index contributed by atoms with van der Waals surface area (Å²) in [6, 6.07) is 4.34. The first-order valence-electron chi connectivity index (χ1n) is 5.50. The molecule has 15 heavy (non-hydrogen) atoms.